The normalized spacial score (nSPS) is 10.9. The highest BCUT2D eigenvalue weighted by Gasteiger charge is 2.13. The van der Waals surface area contributed by atoms with Crippen molar-refractivity contribution in [3.8, 4) is 17.1 Å². The summed E-state index contributed by atoms with van der Waals surface area (Å²) in [6, 6.07) is 15.6. The summed E-state index contributed by atoms with van der Waals surface area (Å²) in [5.41, 5.74) is 3.88. The van der Waals surface area contributed by atoms with E-state index in [2.05, 4.69) is 14.7 Å². The van der Waals surface area contributed by atoms with Crippen molar-refractivity contribution in [1.29, 1.82) is 0 Å². The van der Waals surface area contributed by atoms with Gasteiger partial charge < -0.3 is 9.15 Å². The average molecular weight is 319 g/mol. The number of imidazole rings is 1. The molecule has 2 heterocycles. The molecule has 0 fully saturated rings. The van der Waals surface area contributed by atoms with Crippen molar-refractivity contribution in [2.75, 3.05) is 7.11 Å². The Bertz CT molecular complexity index is 1020. The summed E-state index contributed by atoms with van der Waals surface area (Å²) >= 11 is 0. The Balaban J connectivity index is 1.68. The molecule has 24 heavy (non-hydrogen) atoms. The fourth-order valence-corrected chi connectivity index (χ4v) is 2.53. The Morgan fingerprint density at radius 1 is 1.12 bits per heavy atom. The van der Waals surface area contributed by atoms with Crippen LogP contribution in [0.1, 0.15) is 10.5 Å². The van der Waals surface area contributed by atoms with Gasteiger partial charge in [0.1, 0.15) is 12.6 Å². The second-order valence-electron chi connectivity index (χ2n) is 5.18. The van der Waals surface area contributed by atoms with Crippen LogP contribution in [0.3, 0.4) is 0 Å². The van der Waals surface area contributed by atoms with Gasteiger partial charge in [-0.1, -0.05) is 12.1 Å². The highest BCUT2D eigenvalue weighted by atomic mass is 16.5. The number of esters is 1. The second-order valence-corrected chi connectivity index (χ2v) is 5.18. The van der Waals surface area contributed by atoms with Crippen molar-refractivity contribution in [3.63, 3.8) is 0 Å². The van der Waals surface area contributed by atoms with Crippen LogP contribution in [0.25, 0.3) is 28.2 Å². The highest BCUT2D eigenvalue weighted by molar-refractivity contribution is 5.87. The third-order valence-electron chi connectivity index (χ3n) is 3.74. The van der Waals surface area contributed by atoms with E-state index in [-0.39, 0.29) is 5.69 Å². The van der Waals surface area contributed by atoms with Crippen molar-refractivity contribution in [2.24, 2.45) is 0 Å². The summed E-state index contributed by atoms with van der Waals surface area (Å²) in [4.78, 5) is 20.0. The van der Waals surface area contributed by atoms with Crippen molar-refractivity contribution >= 4 is 17.0 Å². The zero-order valence-electron chi connectivity index (χ0n) is 12.8. The lowest BCUT2D eigenvalue weighted by molar-refractivity contribution is 0.0594. The van der Waals surface area contributed by atoms with Gasteiger partial charge in [-0.25, -0.2) is 14.8 Å². The maximum Gasteiger partial charge on any atom is 0.360 e. The van der Waals surface area contributed by atoms with E-state index in [1.165, 1.54) is 13.4 Å². The predicted molar refractivity (Wildman–Crippen MR) is 87.9 cm³/mol. The molecule has 4 rings (SSSR count). The first-order valence-electron chi connectivity index (χ1n) is 7.33. The lowest BCUT2D eigenvalue weighted by atomic mass is 10.2. The monoisotopic (exact) mass is 319 g/mol. The smallest absolute Gasteiger partial charge is 0.360 e. The quantitative estimate of drug-likeness (QED) is 0.541. The van der Waals surface area contributed by atoms with Gasteiger partial charge in [0.2, 0.25) is 5.89 Å². The molecule has 6 heteroatoms. The molecular weight excluding hydrogens is 306 g/mol. The molecule has 6 nitrogen and oxygen atoms in total. The van der Waals surface area contributed by atoms with Crippen molar-refractivity contribution < 1.29 is 13.9 Å². The van der Waals surface area contributed by atoms with Gasteiger partial charge >= 0.3 is 5.97 Å². The summed E-state index contributed by atoms with van der Waals surface area (Å²) < 4.78 is 12.0. The molecular formula is C18H13N3O3. The number of rotatable bonds is 3. The SMILES string of the molecule is COC(=O)c1coc(-c2ccc(-n3cnc4ccccc43)cc2)n1. The number of oxazole rings is 1. The third kappa shape index (κ3) is 2.34. The lowest BCUT2D eigenvalue weighted by Gasteiger charge is -2.04. The zero-order chi connectivity index (χ0) is 16.5. The fourth-order valence-electron chi connectivity index (χ4n) is 2.53. The molecule has 0 radical (unpaired) electrons. The minimum Gasteiger partial charge on any atom is -0.464 e. The van der Waals surface area contributed by atoms with Crippen LogP contribution in [0.4, 0.5) is 0 Å². The van der Waals surface area contributed by atoms with E-state index in [0.717, 1.165) is 22.3 Å². The first kappa shape index (κ1) is 14.2. The molecule has 2 aromatic carbocycles. The van der Waals surface area contributed by atoms with E-state index in [9.17, 15) is 4.79 Å². The van der Waals surface area contributed by atoms with Gasteiger partial charge in [0.15, 0.2) is 5.69 Å². The maximum absolute atomic E-state index is 11.4. The van der Waals surface area contributed by atoms with Gasteiger partial charge in [-0.15, -0.1) is 0 Å². The molecule has 0 saturated heterocycles. The van der Waals surface area contributed by atoms with Gasteiger partial charge in [0.05, 0.1) is 18.1 Å². The van der Waals surface area contributed by atoms with Gasteiger partial charge in [0, 0.05) is 11.3 Å². The van der Waals surface area contributed by atoms with Crippen LogP contribution in [-0.2, 0) is 4.74 Å². The summed E-state index contributed by atoms with van der Waals surface area (Å²) in [5, 5.41) is 0. The minimum atomic E-state index is -0.522. The van der Waals surface area contributed by atoms with Crippen LogP contribution in [0.15, 0.2) is 65.5 Å². The molecule has 0 aliphatic rings. The number of benzene rings is 2. The summed E-state index contributed by atoms with van der Waals surface area (Å²) in [6.07, 6.45) is 3.08. The van der Waals surface area contributed by atoms with Crippen LogP contribution in [0.5, 0.6) is 0 Å². The molecule has 4 aromatic rings. The maximum atomic E-state index is 11.4. The van der Waals surface area contributed by atoms with Gasteiger partial charge in [-0.2, -0.15) is 0 Å². The van der Waals surface area contributed by atoms with Crippen LogP contribution in [0, 0.1) is 0 Å². The summed E-state index contributed by atoms with van der Waals surface area (Å²) in [5.74, 6) is -0.149. The molecule has 0 bridgehead atoms. The molecule has 0 atom stereocenters. The first-order chi connectivity index (χ1) is 11.8. The first-order valence-corrected chi connectivity index (χ1v) is 7.33. The number of nitrogens with zero attached hydrogens (tertiary/aromatic N) is 3. The van der Waals surface area contributed by atoms with Gasteiger partial charge in [0.25, 0.3) is 0 Å². The average Bonchev–Trinajstić information content (AvgIpc) is 3.28. The minimum absolute atomic E-state index is 0.150. The Morgan fingerprint density at radius 3 is 2.71 bits per heavy atom. The number of aromatic nitrogens is 3. The number of fused-ring (bicyclic) bond motifs is 1. The van der Waals surface area contributed by atoms with Crippen molar-refractivity contribution in [2.45, 2.75) is 0 Å². The third-order valence-corrected chi connectivity index (χ3v) is 3.74. The standard InChI is InChI=1S/C18H13N3O3/c1-23-18(22)15-10-24-17(20-15)12-6-8-13(9-7-12)21-11-19-14-4-2-3-5-16(14)21/h2-11H,1H3. The largest absolute Gasteiger partial charge is 0.464 e. The number of hydrogen-bond donors (Lipinski definition) is 0. The number of hydrogen-bond acceptors (Lipinski definition) is 5. The highest BCUT2D eigenvalue weighted by Crippen LogP contribution is 2.23. The molecule has 0 amide bonds. The zero-order valence-corrected chi connectivity index (χ0v) is 12.8. The molecule has 118 valence electrons. The molecule has 0 unspecified atom stereocenters. The number of methoxy groups -OCH3 is 1. The number of para-hydroxylation sites is 2. The molecule has 2 aromatic heterocycles. The van der Waals surface area contributed by atoms with Crippen LogP contribution < -0.4 is 0 Å². The molecule has 0 aliphatic heterocycles. The topological polar surface area (TPSA) is 70.2 Å². The van der Waals surface area contributed by atoms with Crippen molar-refractivity contribution in [1.82, 2.24) is 14.5 Å². The summed E-state index contributed by atoms with van der Waals surface area (Å²) in [7, 11) is 1.31. The molecule has 0 aliphatic carbocycles. The van der Waals surface area contributed by atoms with E-state index in [0.29, 0.717) is 5.89 Å². The van der Waals surface area contributed by atoms with Crippen LogP contribution >= 0.6 is 0 Å². The van der Waals surface area contributed by atoms with E-state index in [4.69, 9.17) is 4.42 Å². The number of ether oxygens (including phenoxy) is 1. The molecule has 0 saturated carbocycles. The van der Waals surface area contributed by atoms with E-state index in [1.54, 1.807) is 6.33 Å². The molecule has 0 N–H and O–H groups in total. The van der Waals surface area contributed by atoms with Crippen LogP contribution in [-0.4, -0.2) is 27.6 Å². The number of carbonyl (C=O) groups excluding carboxylic acids is 1. The van der Waals surface area contributed by atoms with E-state index >= 15 is 0 Å². The summed E-state index contributed by atoms with van der Waals surface area (Å²) in [6.45, 7) is 0. The second kappa shape index (κ2) is 5.66. The Labute approximate surface area is 137 Å². The predicted octanol–water partition coefficient (Wildman–Crippen LogP) is 3.47. The van der Waals surface area contributed by atoms with E-state index in [1.807, 2.05) is 53.1 Å². The Kier molecular flexibility index (Phi) is 3.35. The van der Waals surface area contributed by atoms with Crippen LogP contribution in [0.2, 0.25) is 0 Å². The van der Waals surface area contributed by atoms with Gasteiger partial charge in [-0.3, -0.25) is 4.57 Å². The Morgan fingerprint density at radius 2 is 1.92 bits per heavy atom. The van der Waals surface area contributed by atoms with E-state index < -0.39 is 5.97 Å². The molecule has 0 spiro atoms. The fraction of sp³-hybridized carbons (Fsp3) is 0.0556. The number of carbonyl (C=O) groups is 1. The Hall–Kier alpha value is -3.41. The van der Waals surface area contributed by atoms with Gasteiger partial charge in [-0.05, 0) is 36.4 Å². The van der Waals surface area contributed by atoms with Crippen molar-refractivity contribution in [3.05, 3.63) is 66.8 Å². The lowest BCUT2D eigenvalue weighted by Crippen LogP contribution is -2.00.